The summed E-state index contributed by atoms with van der Waals surface area (Å²) in [5, 5.41) is 11.5. The van der Waals surface area contributed by atoms with E-state index in [1.165, 1.54) is 17.8 Å². The second kappa shape index (κ2) is 13.7. The van der Waals surface area contributed by atoms with Gasteiger partial charge in [-0.25, -0.2) is 0 Å². The number of nitrogens with zero attached hydrogens (tertiary/aromatic N) is 1. The fraction of sp³-hybridized carbons (Fsp3) is 0.458. The molecule has 2 aromatic carbocycles. The highest BCUT2D eigenvalue weighted by Gasteiger charge is 2.17. The lowest BCUT2D eigenvalue weighted by molar-refractivity contribution is -0.387. The molecule has 6 nitrogen and oxygen atoms in total. The molecule has 31 heavy (non-hydrogen) atoms. The van der Waals surface area contributed by atoms with Crippen molar-refractivity contribution in [1.82, 2.24) is 0 Å². The van der Waals surface area contributed by atoms with Gasteiger partial charge in [-0.1, -0.05) is 63.4 Å². The van der Waals surface area contributed by atoms with Crippen molar-refractivity contribution >= 4 is 23.4 Å². The SMILES string of the molecule is CCCCC(CC)COC(=O)CCSc1ccc(OCc2ccccc2)cc1[N+](=O)[O-]. The van der Waals surface area contributed by atoms with Crippen LogP contribution in [0.15, 0.2) is 53.4 Å². The molecular weight excluding hydrogens is 414 g/mol. The van der Waals surface area contributed by atoms with Gasteiger partial charge in [-0.2, -0.15) is 0 Å². The van der Waals surface area contributed by atoms with Gasteiger partial charge in [0.15, 0.2) is 0 Å². The minimum absolute atomic E-state index is 0.0189. The van der Waals surface area contributed by atoms with Crippen molar-refractivity contribution in [2.75, 3.05) is 12.4 Å². The van der Waals surface area contributed by atoms with Crippen LogP contribution in [-0.4, -0.2) is 23.3 Å². The van der Waals surface area contributed by atoms with Crippen molar-refractivity contribution in [2.45, 2.75) is 57.5 Å². The molecule has 0 fully saturated rings. The summed E-state index contributed by atoms with van der Waals surface area (Å²) in [6, 6.07) is 14.4. The average molecular weight is 446 g/mol. The fourth-order valence-electron chi connectivity index (χ4n) is 3.02. The average Bonchev–Trinajstić information content (AvgIpc) is 2.79. The summed E-state index contributed by atoms with van der Waals surface area (Å²) >= 11 is 1.28. The molecule has 7 heteroatoms. The Kier molecular flexibility index (Phi) is 10.9. The van der Waals surface area contributed by atoms with E-state index in [4.69, 9.17) is 9.47 Å². The van der Waals surface area contributed by atoms with Gasteiger partial charge in [0.1, 0.15) is 12.4 Å². The molecule has 0 heterocycles. The van der Waals surface area contributed by atoms with Crippen molar-refractivity contribution in [2.24, 2.45) is 5.92 Å². The van der Waals surface area contributed by atoms with Crippen molar-refractivity contribution in [1.29, 1.82) is 0 Å². The minimum atomic E-state index is -0.421. The molecule has 0 aliphatic heterocycles. The molecule has 1 unspecified atom stereocenters. The fourth-order valence-corrected chi connectivity index (χ4v) is 3.95. The smallest absolute Gasteiger partial charge is 0.306 e. The number of carbonyl (C=O) groups is 1. The van der Waals surface area contributed by atoms with E-state index in [0.29, 0.717) is 35.5 Å². The predicted octanol–water partition coefficient (Wildman–Crippen LogP) is 6.42. The molecule has 1 atom stereocenters. The quantitative estimate of drug-likeness (QED) is 0.145. The number of thioether (sulfide) groups is 1. The summed E-state index contributed by atoms with van der Waals surface area (Å²) in [5.41, 5.74) is 0.969. The molecule has 0 aliphatic rings. The van der Waals surface area contributed by atoms with Crippen LogP contribution in [0.4, 0.5) is 5.69 Å². The maximum atomic E-state index is 12.0. The zero-order valence-electron chi connectivity index (χ0n) is 18.2. The molecule has 0 N–H and O–H groups in total. The highest BCUT2D eigenvalue weighted by atomic mass is 32.2. The van der Waals surface area contributed by atoms with Crippen molar-refractivity contribution in [3.63, 3.8) is 0 Å². The maximum absolute atomic E-state index is 12.0. The number of carbonyl (C=O) groups excluding carboxylic acids is 1. The van der Waals surface area contributed by atoms with Crippen LogP contribution in [0.3, 0.4) is 0 Å². The van der Waals surface area contributed by atoms with Crippen LogP contribution in [0.2, 0.25) is 0 Å². The molecule has 0 spiro atoms. The second-order valence-electron chi connectivity index (χ2n) is 7.36. The van der Waals surface area contributed by atoms with Gasteiger partial charge in [0.2, 0.25) is 0 Å². The van der Waals surface area contributed by atoms with Gasteiger partial charge in [0.25, 0.3) is 5.69 Å². The molecule has 0 bridgehead atoms. The Balaban J connectivity index is 1.83. The van der Waals surface area contributed by atoms with Crippen molar-refractivity contribution in [3.8, 4) is 5.75 Å². The van der Waals surface area contributed by atoms with Crippen LogP contribution >= 0.6 is 11.8 Å². The number of hydrogen-bond donors (Lipinski definition) is 0. The first-order chi connectivity index (χ1) is 15.0. The van der Waals surface area contributed by atoms with E-state index < -0.39 is 4.92 Å². The van der Waals surface area contributed by atoms with Gasteiger partial charge < -0.3 is 9.47 Å². The Morgan fingerprint density at radius 2 is 1.94 bits per heavy atom. The summed E-state index contributed by atoms with van der Waals surface area (Å²) in [5.74, 6) is 1.02. The summed E-state index contributed by atoms with van der Waals surface area (Å²) in [6.45, 7) is 5.05. The van der Waals surface area contributed by atoms with E-state index in [1.54, 1.807) is 12.1 Å². The zero-order chi connectivity index (χ0) is 22.5. The van der Waals surface area contributed by atoms with E-state index in [0.717, 1.165) is 31.2 Å². The van der Waals surface area contributed by atoms with Crippen LogP contribution in [0.1, 0.15) is 51.5 Å². The van der Waals surface area contributed by atoms with E-state index >= 15 is 0 Å². The molecule has 2 aromatic rings. The number of rotatable bonds is 14. The summed E-state index contributed by atoms with van der Waals surface area (Å²) in [6.07, 6.45) is 4.56. The van der Waals surface area contributed by atoms with E-state index in [9.17, 15) is 14.9 Å². The molecule has 168 valence electrons. The first kappa shape index (κ1) is 24.7. The summed E-state index contributed by atoms with van der Waals surface area (Å²) < 4.78 is 11.1. The van der Waals surface area contributed by atoms with Gasteiger partial charge in [0, 0.05) is 5.75 Å². The number of hydrogen-bond acceptors (Lipinski definition) is 6. The van der Waals surface area contributed by atoms with Crippen LogP contribution in [0.25, 0.3) is 0 Å². The van der Waals surface area contributed by atoms with Gasteiger partial charge in [-0.05, 0) is 30.0 Å². The summed E-state index contributed by atoms with van der Waals surface area (Å²) in [7, 11) is 0. The number of nitro benzene ring substituents is 1. The topological polar surface area (TPSA) is 78.7 Å². The first-order valence-electron chi connectivity index (χ1n) is 10.8. The van der Waals surface area contributed by atoms with E-state index in [-0.39, 0.29) is 18.1 Å². The molecule has 0 saturated carbocycles. The Morgan fingerprint density at radius 1 is 1.16 bits per heavy atom. The number of nitro groups is 1. The van der Waals surface area contributed by atoms with Gasteiger partial charge in [-0.15, -0.1) is 11.8 Å². The maximum Gasteiger partial charge on any atom is 0.306 e. The third-order valence-corrected chi connectivity index (χ3v) is 6.03. The van der Waals surface area contributed by atoms with Gasteiger partial charge in [0.05, 0.1) is 28.9 Å². The molecule has 2 rings (SSSR count). The number of ether oxygens (including phenoxy) is 2. The lowest BCUT2D eigenvalue weighted by Gasteiger charge is -2.14. The van der Waals surface area contributed by atoms with Crippen LogP contribution in [-0.2, 0) is 16.1 Å². The van der Waals surface area contributed by atoms with Crippen LogP contribution in [0, 0.1) is 16.0 Å². The zero-order valence-corrected chi connectivity index (χ0v) is 19.1. The predicted molar refractivity (Wildman–Crippen MR) is 123 cm³/mol. The largest absolute Gasteiger partial charge is 0.489 e. The van der Waals surface area contributed by atoms with Gasteiger partial charge >= 0.3 is 5.97 Å². The Bertz CT molecular complexity index is 828. The Hall–Kier alpha value is -2.54. The summed E-state index contributed by atoms with van der Waals surface area (Å²) in [4.78, 5) is 23.6. The monoisotopic (exact) mass is 445 g/mol. The van der Waals surface area contributed by atoms with Crippen molar-refractivity contribution in [3.05, 3.63) is 64.2 Å². The molecule has 0 amide bonds. The number of esters is 1. The molecular formula is C24H31NO5S. The minimum Gasteiger partial charge on any atom is -0.489 e. The third kappa shape index (κ3) is 9.00. The van der Waals surface area contributed by atoms with Crippen LogP contribution < -0.4 is 4.74 Å². The first-order valence-corrected chi connectivity index (χ1v) is 11.8. The standard InChI is InChI=1S/C24H31NO5S/c1-3-5-9-19(4-2)17-30-24(26)14-15-31-23-13-12-21(16-22(23)25(27)28)29-18-20-10-7-6-8-11-20/h6-8,10-13,16,19H,3-5,9,14-15,17-18H2,1-2H3. The van der Waals surface area contributed by atoms with E-state index in [2.05, 4.69) is 13.8 Å². The molecule has 0 aliphatic carbocycles. The number of benzene rings is 2. The normalized spacial score (nSPS) is 11.7. The lowest BCUT2D eigenvalue weighted by atomic mass is 10.0. The Morgan fingerprint density at radius 3 is 2.61 bits per heavy atom. The Labute approximate surface area is 188 Å². The number of unbranched alkanes of at least 4 members (excludes halogenated alkanes) is 1. The van der Waals surface area contributed by atoms with Gasteiger partial charge in [-0.3, -0.25) is 14.9 Å². The lowest BCUT2D eigenvalue weighted by Crippen LogP contribution is -2.14. The molecule has 0 aromatic heterocycles. The molecule has 0 saturated heterocycles. The van der Waals surface area contributed by atoms with Crippen molar-refractivity contribution < 1.29 is 19.2 Å². The van der Waals surface area contributed by atoms with E-state index in [1.807, 2.05) is 30.3 Å². The highest BCUT2D eigenvalue weighted by Crippen LogP contribution is 2.33. The second-order valence-corrected chi connectivity index (χ2v) is 8.50. The highest BCUT2D eigenvalue weighted by molar-refractivity contribution is 7.99. The third-order valence-electron chi connectivity index (χ3n) is 4.96. The molecule has 0 radical (unpaired) electrons. The van der Waals surface area contributed by atoms with Crippen LogP contribution in [0.5, 0.6) is 5.75 Å².